The molecule has 122 valence electrons. The van der Waals surface area contributed by atoms with Crippen molar-refractivity contribution >= 4 is 12.0 Å². The van der Waals surface area contributed by atoms with E-state index in [1.165, 1.54) is 0 Å². The predicted molar refractivity (Wildman–Crippen MR) is 84.2 cm³/mol. The van der Waals surface area contributed by atoms with Crippen molar-refractivity contribution in [3.05, 3.63) is 29.8 Å². The molecule has 0 saturated carbocycles. The summed E-state index contributed by atoms with van der Waals surface area (Å²) in [6.45, 7) is 8.42. The number of hydrogen-bond donors (Lipinski definition) is 2. The number of amides is 2. The van der Waals surface area contributed by atoms with Crippen molar-refractivity contribution in [1.82, 2.24) is 10.6 Å². The van der Waals surface area contributed by atoms with Crippen LogP contribution in [0.3, 0.4) is 0 Å². The molecule has 0 spiro atoms. The van der Waals surface area contributed by atoms with Gasteiger partial charge in [-0.15, -0.1) is 0 Å². The average Bonchev–Trinajstić information content (AvgIpc) is 2.42. The van der Waals surface area contributed by atoms with Gasteiger partial charge in [-0.05, 0) is 45.9 Å². The number of carbonyl (C=O) groups is 2. The highest BCUT2D eigenvalue weighted by atomic mass is 16.6. The molecule has 6 nitrogen and oxygen atoms in total. The topological polar surface area (TPSA) is 76.7 Å². The zero-order valence-corrected chi connectivity index (χ0v) is 13.6. The molecule has 0 aliphatic carbocycles. The van der Waals surface area contributed by atoms with Gasteiger partial charge in [0.25, 0.3) is 5.91 Å². The van der Waals surface area contributed by atoms with E-state index >= 15 is 0 Å². The third kappa shape index (κ3) is 6.97. The fourth-order valence-electron chi connectivity index (χ4n) is 1.65. The summed E-state index contributed by atoms with van der Waals surface area (Å²) < 4.78 is 10.4. The van der Waals surface area contributed by atoms with E-state index in [1.807, 2.05) is 6.92 Å². The number of nitrogens with one attached hydrogen (secondary N) is 2. The monoisotopic (exact) mass is 308 g/mol. The van der Waals surface area contributed by atoms with Gasteiger partial charge in [0.15, 0.2) is 0 Å². The second-order valence-corrected chi connectivity index (χ2v) is 5.65. The summed E-state index contributed by atoms with van der Waals surface area (Å²) in [7, 11) is 0. The van der Waals surface area contributed by atoms with Gasteiger partial charge in [0.1, 0.15) is 11.4 Å². The molecule has 0 aliphatic heterocycles. The molecular weight excluding hydrogens is 284 g/mol. The Kier molecular flexibility index (Phi) is 6.69. The Labute approximate surface area is 131 Å². The fourth-order valence-corrected chi connectivity index (χ4v) is 1.65. The largest absolute Gasteiger partial charge is 0.494 e. The van der Waals surface area contributed by atoms with Gasteiger partial charge in [-0.25, -0.2) is 4.79 Å². The Morgan fingerprint density at radius 1 is 1.14 bits per heavy atom. The van der Waals surface area contributed by atoms with Crippen molar-refractivity contribution in [2.45, 2.75) is 33.3 Å². The summed E-state index contributed by atoms with van der Waals surface area (Å²) in [5.74, 6) is 0.439. The highest BCUT2D eigenvalue weighted by Gasteiger charge is 2.15. The van der Waals surface area contributed by atoms with Crippen LogP contribution in [0.4, 0.5) is 4.79 Å². The van der Waals surface area contributed by atoms with Crippen LogP contribution in [-0.4, -0.2) is 37.3 Å². The van der Waals surface area contributed by atoms with E-state index in [2.05, 4.69) is 10.6 Å². The van der Waals surface area contributed by atoms with Gasteiger partial charge in [-0.3, -0.25) is 4.79 Å². The van der Waals surface area contributed by atoms with Gasteiger partial charge in [0.05, 0.1) is 6.61 Å². The number of ether oxygens (including phenoxy) is 2. The maximum Gasteiger partial charge on any atom is 0.407 e. The lowest BCUT2D eigenvalue weighted by Gasteiger charge is -2.19. The van der Waals surface area contributed by atoms with Crippen molar-refractivity contribution in [3.63, 3.8) is 0 Å². The predicted octanol–water partition coefficient (Wildman–Crippen LogP) is 2.34. The molecule has 0 aromatic heterocycles. The van der Waals surface area contributed by atoms with E-state index in [4.69, 9.17) is 9.47 Å². The first kappa shape index (κ1) is 17.8. The second-order valence-electron chi connectivity index (χ2n) is 5.65. The Morgan fingerprint density at radius 2 is 1.82 bits per heavy atom. The van der Waals surface area contributed by atoms with E-state index in [0.717, 1.165) is 0 Å². The van der Waals surface area contributed by atoms with Crippen LogP contribution in [0.5, 0.6) is 5.75 Å². The molecule has 1 aromatic rings. The zero-order chi connectivity index (χ0) is 16.6. The molecule has 0 aliphatic rings. The maximum absolute atomic E-state index is 12.0. The molecule has 0 saturated heterocycles. The highest BCUT2D eigenvalue weighted by Crippen LogP contribution is 2.13. The lowest BCUT2D eigenvalue weighted by atomic mass is 10.2. The second kappa shape index (κ2) is 8.26. The summed E-state index contributed by atoms with van der Waals surface area (Å²) >= 11 is 0. The minimum Gasteiger partial charge on any atom is -0.494 e. The fraction of sp³-hybridized carbons (Fsp3) is 0.500. The lowest BCUT2D eigenvalue weighted by molar-refractivity contribution is 0.0526. The summed E-state index contributed by atoms with van der Waals surface area (Å²) in [4.78, 5) is 23.4. The number of hydrogen-bond acceptors (Lipinski definition) is 4. The van der Waals surface area contributed by atoms with Crippen molar-refractivity contribution in [3.8, 4) is 5.75 Å². The van der Waals surface area contributed by atoms with Gasteiger partial charge in [0.2, 0.25) is 0 Å². The molecule has 0 fully saturated rings. The number of benzene rings is 1. The molecule has 0 atom stereocenters. The van der Waals surface area contributed by atoms with Crippen LogP contribution in [0, 0.1) is 0 Å². The summed E-state index contributed by atoms with van der Waals surface area (Å²) in [6, 6.07) is 6.95. The van der Waals surface area contributed by atoms with Crippen LogP contribution < -0.4 is 15.4 Å². The Bertz CT molecular complexity index is 509. The smallest absolute Gasteiger partial charge is 0.407 e. The third-order valence-corrected chi connectivity index (χ3v) is 2.49. The van der Waals surface area contributed by atoms with Crippen LogP contribution in [0.15, 0.2) is 24.3 Å². The molecule has 1 aromatic carbocycles. The molecule has 22 heavy (non-hydrogen) atoms. The number of carbonyl (C=O) groups excluding carboxylic acids is 2. The van der Waals surface area contributed by atoms with E-state index in [-0.39, 0.29) is 5.91 Å². The summed E-state index contributed by atoms with van der Waals surface area (Å²) in [6.07, 6.45) is -0.500. The molecule has 6 heteroatoms. The zero-order valence-electron chi connectivity index (χ0n) is 13.6. The molecule has 0 heterocycles. The molecule has 0 unspecified atom stereocenters. The van der Waals surface area contributed by atoms with E-state index in [1.54, 1.807) is 45.0 Å². The first-order chi connectivity index (χ1) is 10.3. The van der Waals surface area contributed by atoms with Crippen LogP contribution in [0.2, 0.25) is 0 Å². The quantitative estimate of drug-likeness (QED) is 0.791. The highest BCUT2D eigenvalue weighted by molar-refractivity contribution is 5.94. The van der Waals surface area contributed by atoms with Crippen LogP contribution in [0.1, 0.15) is 38.1 Å². The van der Waals surface area contributed by atoms with E-state index in [9.17, 15) is 9.59 Å². The van der Waals surface area contributed by atoms with Gasteiger partial charge < -0.3 is 20.1 Å². The van der Waals surface area contributed by atoms with Gasteiger partial charge in [-0.2, -0.15) is 0 Å². The average molecular weight is 308 g/mol. The molecule has 2 N–H and O–H groups in total. The van der Waals surface area contributed by atoms with Crippen molar-refractivity contribution < 1.29 is 19.1 Å². The van der Waals surface area contributed by atoms with Crippen molar-refractivity contribution in [1.29, 1.82) is 0 Å². The maximum atomic E-state index is 12.0. The SMILES string of the molecule is CCOc1cccc(C(=O)NCCNC(=O)OC(C)(C)C)c1. The standard InChI is InChI=1S/C16H24N2O4/c1-5-21-13-8-6-7-12(11-13)14(19)17-9-10-18-15(20)22-16(2,3)4/h6-8,11H,5,9-10H2,1-4H3,(H,17,19)(H,18,20). The Hall–Kier alpha value is -2.24. The molecule has 0 radical (unpaired) electrons. The number of alkyl carbamates (subject to hydrolysis) is 1. The number of rotatable bonds is 6. The summed E-state index contributed by atoms with van der Waals surface area (Å²) in [5, 5.41) is 5.30. The van der Waals surface area contributed by atoms with Gasteiger partial charge in [0, 0.05) is 18.7 Å². The van der Waals surface area contributed by atoms with Gasteiger partial charge >= 0.3 is 6.09 Å². The van der Waals surface area contributed by atoms with Crippen molar-refractivity contribution in [2.75, 3.05) is 19.7 Å². The third-order valence-electron chi connectivity index (χ3n) is 2.49. The van der Waals surface area contributed by atoms with Crippen LogP contribution in [0.25, 0.3) is 0 Å². The molecule has 1 rings (SSSR count). The van der Waals surface area contributed by atoms with E-state index in [0.29, 0.717) is 31.0 Å². The normalized spacial score (nSPS) is 10.7. The lowest BCUT2D eigenvalue weighted by Crippen LogP contribution is -2.37. The van der Waals surface area contributed by atoms with E-state index < -0.39 is 11.7 Å². The first-order valence-corrected chi connectivity index (χ1v) is 7.29. The molecular formula is C16H24N2O4. The van der Waals surface area contributed by atoms with Crippen LogP contribution in [-0.2, 0) is 4.74 Å². The summed E-state index contributed by atoms with van der Waals surface area (Å²) in [5.41, 5.74) is -0.0178. The van der Waals surface area contributed by atoms with Gasteiger partial charge in [-0.1, -0.05) is 6.07 Å². The minimum atomic E-state index is -0.535. The molecule has 0 bridgehead atoms. The Morgan fingerprint density at radius 3 is 2.45 bits per heavy atom. The molecule has 2 amide bonds. The van der Waals surface area contributed by atoms with Crippen molar-refractivity contribution in [2.24, 2.45) is 0 Å². The van der Waals surface area contributed by atoms with Crippen LogP contribution >= 0.6 is 0 Å². The first-order valence-electron chi connectivity index (χ1n) is 7.29. The minimum absolute atomic E-state index is 0.215. The Balaban J connectivity index is 2.34.